The van der Waals surface area contributed by atoms with Crippen LogP contribution in [0.15, 0.2) is 33.5 Å². The van der Waals surface area contributed by atoms with E-state index in [1.165, 1.54) is 6.07 Å². The van der Waals surface area contributed by atoms with Crippen LogP contribution in [0.1, 0.15) is 25.5 Å². The van der Waals surface area contributed by atoms with Crippen LogP contribution in [-0.2, 0) is 0 Å². The molecular weight excluding hydrogens is 273 g/mol. The molecule has 0 bridgehead atoms. The van der Waals surface area contributed by atoms with Gasteiger partial charge in [0.15, 0.2) is 0 Å². The normalized spacial score (nSPS) is 11.1. The monoisotopic (exact) mass is 283 g/mol. The minimum atomic E-state index is -0.287. The number of rotatable bonds is 2. The lowest BCUT2D eigenvalue weighted by molar-refractivity contribution is 0.461. The van der Waals surface area contributed by atoms with Crippen LogP contribution in [0.2, 0.25) is 0 Å². The summed E-state index contributed by atoms with van der Waals surface area (Å²) in [5, 5.41) is 0. The Kier molecular flexibility index (Phi) is 3.10. The van der Waals surface area contributed by atoms with E-state index < -0.39 is 0 Å². The quantitative estimate of drug-likeness (QED) is 0.818. The summed E-state index contributed by atoms with van der Waals surface area (Å²) in [6.07, 6.45) is 0. The molecule has 84 valence electrons. The molecule has 4 heteroatoms. The Hall–Kier alpha value is -1.16. The van der Waals surface area contributed by atoms with E-state index in [9.17, 15) is 4.39 Å². The van der Waals surface area contributed by atoms with Gasteiger partial charge in [-0.25, -0.2) is 9.37 Å². The predicted molar refractivity (Wildman–Crippen MR) is 63.7 cm³/mol. The Morgan fingerprint density at radius 2 is 2.00 bits per heavy atom. The van der Waals surface area contributed by atoms with Crippen molar-refractivity contribution in [2.24, 2.45) is 0 Å². The number of nitrogens with zero attached hydrogens (tertiary/aromatic N) is 1. The summed E-state index contributed by atoms with van der Waals surface area (Å²) in [6.45, 7) is 3.97. The van der Waals surface area contributed by atoms with Gasteiger partial charge in [-0.05, 0) is 12.1 Å². The van der Waals surface area contributed by atoms with Gasteiger partial charge in [0.25, 0.3) is 4.80 Å². The minimum Gasteiger partial charge on any atom is -0.435 e. The molecule has 0 atom stereocenters. The molecule has 1 heterocycles. The van der Waals surface area contributed by atoms with Crippen molar-refractivity contribution in [1.82, 2.24) is 4.98 Å². The highest BCUT2D eigenvalue weighted by molar-refractivity contribution is 9.10. The molecule has 0 aliphatic carbocycles. The van der Waals surface area contributed by atoms with E-state index in [-0.39, 0.29) is 11.7 Å². The molecule has 0 aliphatic rings. The van der Waals surface area contributed by atoms with Crippen molar-refractivity contribution >= 4 is 15.9 Å². The Morgan fingerprint density at radius 3 is 2.62 bits per heavy atom. The van der Waals surface area contributed by atoms with Crippen LogP contribution in [0, 0.1) is 5.82 Å². The van der Waals surface area contributed by atoms with Gasteiger partial charge in [0.05, 0.1) is 0 Å². The molecule has 0 unspecified atom stereocenters. The number of halogens is 2. The van der Waals surface area contributed by atoms with E-state index in [4.69, 9.17) is 4.42 Å². The van der Waals surface area contributed by atoms with Crippen molar-refractivity contribution in [3.05, 3.63) is 40.6 Å². The lowest BCUT2D eigenvalue weighted by Gasteiger charge is -2.04. The van der Waals surface area contributed by atoms with Gasteiger partial charge in [0.2, 0.25) is 0 Å². The molecule has 0 aliphatic heterocycles. The second-order valence-electron chi connectivity index (χ2n) is 3.81. The third kappa shape index (κ3) is 2.02. The highest BCUT2D eigenvalue weighted by Gasteiger charge is 2.18. The fraction of sp³-hybridized carbons (Fsp3) is 0.250. The van der Waals surface area contributed by atoms with Gasteiger partial charge in [-0.3, -0.25) is 0 Å². The first-order valence-corrected chi connectivity index (χ1v) is 5.80. The fourth-order valence-corrected chi connectivity index (χ4v) is 1.89. The number of hydrogen-bond acceptors (Lipinski definition) is 2. The number of hydrogen-bond donors (Lipinski definition) is 0. The largest absolute Gasteiger partial charge is 0.435 e. The van der Waals surface area contributed by atoms with E-state index in [0.29, 0.717) is 21.8 Å². The zero-order valence-electron chi connectivity index (χ0n) is 9.00. The Labute approximate surface area is 102 Å². The SMILES string of the molecule is CC(C)c1oc(Br)nc1-c1ccccc1F. The van der Waals surface area contributed by atoms with Gasteiger partial charge in [-0.15, -0.1) is 0 Å². The average Bonchev–Trinajstić information content (AvgIpc) is 2.61. The van der Waals surface area contributed by atoms with Crippen LogP contribution in [0.5, 0.6) is 0 Å². The molecular formula is C12H11BrFNO. The lowest BCUT2D eigenvalue weighted by atomic mass is 10.0. The molecule has 0 saturated heterocycles. The number of benzene rings is 1. The summed E-state index contributed by atoms with van der Waals surface area (Å²) >= 11 is 3.17. The third-order valence-corrected chi connectivity index (χ3v) is 2.62. The Morgan fingerprint density at radius 1 is 1.31 bits per heavy atom. The molecule has 0 N–H and O–H groups in total. The smallest absolute Gasteiger partial charge is 0.264 e. The van der Waals surface area contributed by atoms with E-state index in [0.717, 1.165) is 0 Å². The summed E-state index contributed by atoms with van der Waals surface area (Å²) in [5.41, 5.74) is 1.04. The molecule has 2 rings (SSSR count). The van der Waals surface area contributed by atoms with Crippen LogP contribution in [0.4, 0.5) is 4.39 Å². The fourth-order valence-electron chi connectivity index (χ4n) is 1.54. The van der Waals surface area contributed by atoms with Crippen LogP contribution in [0.25, 0.3) is 11.3 Å². The molecule has 2 nitrogen and oxygen atoms in total. The van der Waals surface area contributed by atoms with Gasteiger partial charge < -0.3 is 4.42 Å². The molecule has 0 spiro atoms. The van der Waals surface area contributed by atoms with Crippen molar-refractivity contribution in [1.29, 1.82) is 0 Å². The van der Waals surface area contributed by atoms with Gasteiger partial charge in [-0.1, -0.05) is 26.0 Å². The number of aromatic nitrogens is 1. The maximum atomic E-state index is 13.6. The topological polar surface area (TPSA) is 26.0 Å². The van der Waals surface area contributed by atoms with Crippen molar-refractivity contribution in [3.63, 3.8) is 0 Å². The van der Waals surface area contributed by atoms with Crippen LogP contribution >= 0.6 is 15.9 Å². The maximum absolute atomic E-state index is 13.6. The lowest BCUT2D eigenvalue weighted by Crippen LogP contribution is -1.91. The molecule has 0 saturated carbocycles. The molecule has 0 fully saturated rings. The van der Waals surface area contributed by atoms with Gasteiger partial charge in [0.1, 0.15) is 17.3 Å². The Bertz CT molecular complexity index is 507. The second-order valence-corrected chi connectivity index (χ2v) is 4.49. The van der Waals surface area contributed by atoms with Crippen molar-refractivity contribution in [2.75, 3.05) is 0 Å². The maximum Gasteiger partial charge on any atom is 0.264 e. The van der Waals surface area contributed by atoms with E-state index in [1.54, 1.807) is 18.2 Å². The van der Waals surface area contributed by atoms with Gasteiger partial charge in [0, 0.05) is 27.4 Å². The van der Waals surface area contributed by atoms with Gasteiger partial charge in [-0.2, -0.15) is 0 Å². The Balaban J connectivity index is 2.60. The van der Waals surface area contributed by atoms with Crippen molar-refractivity contribution in [3.8, 4) is 11.3 Å². The molecule has 16 heavy (non-hydrogen) atoms. The predicted octanol–water partition coefficient (Wildman–Crippen LogP) is 4.37. The van der Waals surface area contributed by atoms with Gasteiger partial charge >= 0.3 is 0 Å². The molecule has 1 aromatic carbocycles. The second kappa shape index (κ2) is 4.37. The van der Waals surface area contributed by atoms with Crippen LogP contribution in [-0.4, -0.2) is 4.98 Å². The molecule has 1 aromatic heterocycles. The molecule has 0 amide bonds. The zero-order valence-corrected chi connectivity index (χ0v) is 10.6. The zero-order chi connectivity index (χ0) is 11.7. The first-order chi connectivity index (χ1) is 7.59. The summed E-state index contributed by atoms with van der Waals surface area (Å²) < 4.78 is 19.1. The van der Waals surface area contributed by atoms with Crippen molar-refractivity contribution in [2.45, 2.75) is 19.8 Å². The van der Waals surface area contributed by atoms with E-state index in [2.05, 4.69) is 20.9 Å². The molecule has 2 aromatic rings. The summed E-state index contributed by atoms with van der Waals surface area (Å²) in [7, 11) is 0. The summed E-state index contributed by atoms with van der Waals surface area (Å²) in [4.78, 5) is 4.56. The third-order valence-electron chi connectivity index (χ3n) is 2.28. The summed E-state index contributed by atoms with van der Waals surface area (Å²) in [5.74, 6) is 0.565. The van der Waals surface area contributed by atoms with E-state index in [1.807, 2.05) is 13.8 Å². The van der Waals surface area contributed by atoms with Crippen LogP contribution in [0.3, 0.4) is 0 Å². The van der Waals surface area contributed by atoms with Crippen LogP contribution < -0.4 is 0 Å². The highest BCUT2D eigenvalue weighted by atomic mass is 79.9. The first-order valence-electron chi connectivity index (χ1n) is 5.00. The number of oxazole rings is 1. The standard InChI is InChI=1S/C12H11BrFNO/c1-7(2)11-10(15-12(13)16-11)8-5-3-4-6-9(8)14/h3-7H,1-2H3. The van der Waals surface area contributed by atoms with E-state index >= 15 is 0 Å². The van der Waals surface area contributed by atoms with Crippen molar-refractivity contribution < 1.29 is 8.81 Å². The average molecular weight is 284 g/mol. The minimum absolute atomic E-state index is 0.161. The molecule has 0 radical (unpaired) electrons. The highest BCUT2D eigenvalue weighted by Crippen LogP contribution is 2.32. The first kappa shape index (κ1) is 11.3. The summed E-state index contributed by atoms with van der Waals surface area (Å²) in [6, 6.07) is 6.56.